The van der Waals surface area contributed by atoms with Crippen molar-refractivity contribution in [2.75, 3.05) is 6.61 Å². The molecule has 154 valence electrons. The maximum absolute atomic E-state index is 13.7. The summed E-state index contributed by atoms with van der Waals surface area (Å²) >= 11 is 0. The fourth-order valence-electron chi connectivity index (χ4n) is 3.49. The molecule has 2 aromatic heterocycles. The molecule has 0 radical (unpaired) electrons. The van der Waals surface area contributed by atoms with Gasteiger partial charge in [-0.3, -0.25) is 4.98 Å². The van der Waals surface area contributed by atoms with E-state index in [1.54, 1.807) is 19.2 Å². The van der Waals surface area contributed by atoms with Gasteiger partial charge in [-0.05, 0) is 43.0 Å². The number of hydrogen-bond donors (Lipinski definition) is 1. The fourth-order valence-corrected chi connectivity index (χ4v) is 3.49. The minimum atomic E-state index is -4.61. The third kappa shape index (κ3) is 5.03. The number of fused-ring (bicyclic) bond motifs is 1. The van der Waals surface area contributed by atoms with Crippen LogP contribution in [-0.4, -0.2) is 22.1 Å². The minimum absolute atomic E-state index is 0.0568. The molecule has 3 aromatic rings. The summed E-state index contributed by atoms with van der Waals surface area (Å²) in [5.41, 5.74) is 6.17. The molecule has 1 atom stereocenters. The zero-order chi connectivity index (χ0) is 21.2. The molecule has 0 aliphatic carbocycles. The number of hydrogen-bond acceptors (Lipinski definition) is 4. The summed E-state index contributed by atoms with van der Waals surface area (Å²) in [5.74, 6) is -0.161. The van der Waals surface area contributed by atoms with E-state index in [0.29, 0.717) is 29.0 Å². The highest BCUT2D eigenvalue weighted by Gasteiger charge is 2.36. The van der Waals surface area contributed by atoms with Crippen LogP contribution in [0.5, 0.6) is 5.88 Å². The Labute approximate surface area is 167 Å². The van der Waals surface area contributed by atoms with Gasteiger partial charge in [-0.2, -0.15) is 13.2 Å². The molecule has 0 fully saturated rings. The molecule has 2 N–H and O–H groups in total. The first kappa shape index (κ1) is 21.0. The second-order valence-corrected chi connectivity index (χ2v) is 7.99. The van der Waals surface area contributed by atoms with Crippen LogP contribution in [0.3, 0.4) is 0 Å². The van der Waals surface area contributed by atoms with Crippen LogP contribution in [0.1, 0.15) is 32.8 Å². The summed E-state index contributed by atoms with van der Waals surface area (Å²) < 4.78 is 46.6. The first-order valence-corrected chi connectivity index (χ1v) is 9.40. The van der Waals surface area contributed by atoms with Gasteiger partial charge in [0, 0.05) is 28.9 Å². The summed E-state index contributed by atoms with van der Waals surface area (Å²) in [6.07, 6.45) is -1.02. The van der Waals surface area contributed by atoms with Gasteiger partial charge in [-0.15, -0.1) is 0 Å². The van der Waals surface area contributed by atoms with Crippen molar-refractivity contribution in [1.82, 2.24) is 9.97 Å². The minimum Gasteiger partial charge on any atom is -0.475 e. The Balaban J connectivity index is 1.99. The van der Waals surface area contributed by atoms with E-state index in [-0.39, 0.29) is 6.61 Å². The quantitative estimate of drug-likeness (QED) is 0.594. The molecule has 0 unspecified atom stereocenters. The van der Waals surface area contributed by atoms with Crippen LogP contribution in [0.2, 0.25) is 0 Å². The zero-order valence-electron chi connectivity index (χ0n) is 16.6. The van der Waals surface area contributed by atoms with Gasteiger partial charge in [0.15, 0.2) is 0 Å². The van der Waals surface area contributed by atoms with Gasteiger partial charge >= 0.3 is 6.18 Å². The SMILES string of the molecule is CC(C)C[C@](C)(N)COc1ncc(-c2ccnc3ccccc23)cc1C(F)(F)F. The van der Waals surface area contributed by atoms with Crippen LogP contribution in [0.4, 0.5) is 13.2 Å². The van der Waals surface area contributed by atoms with E-state index >= 15 is 0 Å². The molecular weight excluding hydrogens is 379 g/mol. The van der Waals surface area contributed by atoms with Crippen molar-refractivity contribution in [1.29, 1.82) is 0 Å². The predicted octanol–water partition coefficient (Wildman–Crippen LogP) is 5.46. The van der Waals surface area contributed by atoms with Crippen LogP contribution >= 0.6 is 0 Å². The molecule has 29 heavy (non-hydrogen) atoms. The lowest BCUT2D eigenvalue weighted by molar-refractivity contribution is -0.139. The maximum atomic E-state index is 13.7. The molecule has 0 bridgehead atoms. The fraction of sp³-hybridized carbons (Fsp3) is 0.364. The number of nitrogens with two attached hydrogens (primary N) is 1. The second-order valence-electron chi connectivity index (χ2n) is 7.99. The highest BCUT2D eigenvalue weighted by atomic mass is 19.4. The lowest BCUT2D eigenvalue weighted by Crippen LogP contribution is -2.43. The number of alkyl halides is 3. The van der Waals surface area contributed by atoms with Gasteiger partial charge < -0.3 is 10.5 Å². The monoisotopic (exact) mass is 403 g/mol. The number of para-hydroxylation sites is 1. The smallest absolute Gasteiger partial charge is 0.421 e. The van der Waals surface area contributed by atoms with E-state index in [1.807, 2.05) is 38.1 Å². The van der Waals surface area contributed by atoms with E-state index in [0.717, 1.165) is 11.5 Å². The number of ether oxygens (including phenoxy) is 1. The summed E-state index contributed by atoms with van der Waals surface area (Å²) in [6, 6.07) is 10.0. The van der Waals surface area contributed by atoms with Crippen molar-refractivity contribution in [2.45, 2.75) is 38.9 Å². The van der Waals surface area contributed by atoms with Gasteiger partial charge in [-0.1, -0.05) is 32.0 Å². The second kappa shape index (κ2) is 7.99. The summed E-state index contributed by atoms with van der Waals surface area (Å²) in [7, 11) is 0. The van der Waals surface area contributed by atoms with E-state index in [4.69, 9.17) is 10.5 Å². The lowest BCUT2D eigenvalue weighted by atomic mass is 9.93. The molecule has 0 saturated carbocycles. The molecule has 3 rings (SSSR count). The molecule has 0 saturated heterocycles. The van der Waals surface area contributed by atoms with Gasteiger partial charge in [0.05, 0.1) is 5.52 Å². The van der Waals surface area contributed by atoms with E-state index < -0.39 is 23.2 Å². The average molecular weight is 403 g/mol. The highest BCUT2D eigenvalue weighted by Crippen LogP contribution is 2.38. The maximum Gasteiger partial charge on any atom is 0.421 e. The number of pyridine rings is 2. The molecule has 7 heteroatoms. The van der Waals surface area contributed by atoms with Crippen molar-refractivity contribution in [3.05, 3.63) is 54.4 Å². The third-order valence-corrected chi connectivity index (χ3v) is 4.53. The predicted molar refractivity (Wildman–Crippen MR) is 108 cm³/mol. The van der Waals surface area contributed by atoms with E-state index in [1.165, 1.54) is 6.20 Å². The number of halogens is 3. The largest absolute Gasteiger partial charge is 0.475 e. The molecule has 0 amide bonds. The van der Waals surface area contributed by atoms with Crippen LogP contribution in [0, 0.1) is 5.92 Å². The first-order valence-electron chi connectivity index (χ1n) is 9.40. The summed E-state index contributed by atoms with van der Waals surface area (Å²) in [6.45, 7) is 5.70. The van der Waals surface area contributed by atoms with E-state index in [2.05, 4.69) is 9.97 Å². The average Bonchev–Trinajstić information content (AvgIpc) is 2.64. The van der Waals surface area contributed by atoms with Crippen molar-refractivity contribution in [3.63, 3.8) is 0 Å². The molecule has 1 aromatic carbocycles. The van der Waals surface area contributed by atoms with Crippen LogP contribution in [0.25, 0.3) is 22.0 Å². The molecule has 0 aliphatic rings. The number of rotatable bonds is 6. The summed E-state index contributed by atoms with van der Waals surface area (Å²) in [4.78, 5) is 8.25. The third-order valence-electron chi connectivity index (χ3n) is 4.53. The molecule has 2 heterocycles. The first-order chi connectivity index (χ1) is 13.6. The lowest BCUT2D eigenvalue weighted by Gasteiger charge is -2.27. The highest BCUT2D eigenvalue weighted by molar-refractivity contribution is 5.94. The summed E-state index contributed by atoms with van der Waals surface area (Å²) in [5, 5.41) is 0.755. The van der Waals surface area contributed by atoms with Gasteiger partial charge in [0.25, 0.3) is 0 Å². The molecular formula is C22H24F3N3O. The molecule has 0 aliphatic heterocycles. The Morgan fingerprint density at radius 3 is 2.52 bits per heavy atom. The Bertz CT molecular complexity index is 995. The number of benzene rings is 1. The molecule has 0 spiro atoms. The zero-order valence-corrected chi connectivity index (χ0v) is 16.6. The van der Waals surface area contributed by atoms with Crippen molar-refractivity contribution >= 4 is 10.9 Å². The standard InChI is InChI=1S/C22H24F3N3O/c1-14(2)11-21(3,26)13-29-20-18(22(23,24)25)10-15(12-28-20)16-8-9-27-19-7-5-4-6-17(16)19/h4-10,12,14H,11,13,26H2,1-3H3/t21-/m0/s1. The normalized spacial score (nSPS) is 14.2. The van der Waals surface area contributed by atoms with Gasteiger partial charge in [-0.25, -0.2) is 4.98 Å². The molecule has 4 nitrogen and oxygen atoms in total. The van der Waals surface area contributed by atoms with Crippen molar-refractivity contribution in [2.24, 2.45) is 11.7 Å². The van der Waals surface area contributed by atoms with Crippen LogP contribution in [-0.2, 0) is 6.18 Å². The Kier molecular flexibility index (Phi) is 5.80. The van der Waals surface area contributed by atoms with Gasteiger partial charge in [0.2, 0.25) is 5.88 Å². The number of nitrogens with zero attached hydrogens (tertiary/aromatic N) is 2. The van der Waals surface area contributed by atoms with Crippen LogP contribution in [0.15, 0.2) is 48.8 Å². The van der Waals surface area contributed by atoms with Crippen LogP contribution < -0.4 is 10.5 Å². The Morgan fingerprint density at radius 2 is 1.83 bits per heavy atom. The van der Waals surface area contributed by atoms with Crippen molar-refractivity contribution in [3.8, 4) is 17.0 Å². The Hall–Kier alpha value is -2.67. The van der Waals surface area contributed by atoms with E-state index in [9.17, 15) is 13.2 Å². The number of aromatic nitrogens is 2. The topological polar surface area (TPSA) is 61.0 Å². The Morgan fingerprint density at radius 1 is 1.10 bits per heavy atom. The van der Waals surface area contributed by atoms with Crippen molar-refractivity contribution < 1.29 is 17.9 Å². The van der Waals surface area contributed by atoms with Gasteiger partial charge in [0.1, 0.15) is 12.2 Å².